The highest BCUT2D eigenvalue weighted by atomic mass is 79.9. The number of likely N-dealkylation sites (N-methyl/N-ethyl adjacent to an activating group) is 1. The van der Waals surface area contributed by atoms with Crippen LogP contribution in [0.4, 0.5) is 4.39 Å². The molecule has 2 rings (SSSR count). The Morgan fingerprint density at radius 3 is 2.85 bits per heavy atom. The molecule has 1 aromatic carbocycles. The van der Waals surface area contributed by atoms with Gasteiger partial charge < -0.3 is 14.8 Å². The van der Waals surface area contributed by atoms with Crippen molar-refractivity contribution in [3.63, 3.8) is 0 Å². The SMILES string of the molecule is CCCOC1C(NCC)CC1Oc1ccc(F)cc1Br. The molecule has 0 spiro atoms. The number of rotatable bonds is 7. The third kappa shape index (κ3) is 3.71. The molecule has 3 nitrogen and oxygen atoms in total. The van der Waals surface area contributed by atoms with E-state index in [0.717, 1.165) is 26.0 Å². The van der Waals surface area contributed by atoms with E-state index in [9.17, 15) is 4.39 Å². The smallest absolute Gasteiger partial charge is 0.134 e. The van der Waals surface area contributed by atoms with E-state index in [1.165, 1.54) is 12.1 Å². The van der Waals surface area contributed by atoms with Crippen LogP contribution in [0, 0.1) is 5.82 Å². The van der Waals surface area contributed by atoms with Gasteiger partial charge in [0.1, 0.15) is 23.8 Å². The van der Waals surface area contributed by atoms with Crippen molar-refractivity contribution in [3.8, 4) is 5.75 Å². The number of nitrogens with one attached hydrogen (secondary N) is 1. The van der Waals surface area contributed by atoms with E-state index in [4.69, 9.17) is 9.47 Å². The van der Waals surface area contributed by atoms with Crippen LogP contribution in [0.3, 0.4) is 0 Å². The van der Waals surface area contributed by atoms with Crippen LogP contribution in [-0.2, 0) is 4.74 Å². The lowest BCUT2D eigenvalue weighted by atomic mass is 9.85. The number of ether oxygens (including phenoxy) is 2. The summed E-state index contributed by atoms with van der Waals surface area (Å²) in [7, 11) is 0. The Kier molecular flexibility index (Phi) is 5.81. The maximum Gasteiger partial charge on any atom is 0.134 e. The zero-order valence-corrected chi connectivity index (χ0v) is 13.5. The topological polar surface area (TPSA) is 30.5 Å². The molecule has 0 amide bonds. The van der Waals surface area contributed by atoms with Gasteiger partial charge in [-0.3, -0.25) is 0 Å². The van der Waals surface area contributed by atoms with Gasteiger partial charge in [-0.1, -0.05) is 13.8 Å². The van der Waals surface area contributed by atoms with E-state index in [1.807, 2.05) is 0 Å². The first-order valence-electron chi connectivity index (χ1n) is 7.12. The van der Waals surface area contributed by atoms with E-state index in [-0.39, 0.29) is 18.0 Å². The minimum absolute atomic E-state index is 0.0207. The summed E-state index contributed by atoms with van der Waals surface area (Å²) in [6.45, 7) is 5.83. The molecule has 0 saturated heterocycles. The molecule has 1 fully saturated rings. The minimum atomic E-state index is -0.276. The Hall–Kier alpha value is -0.650. The van der Waals surface area contributed by atoms with Gasteiger partial charge >= 0.3 is 0 Å². The molecule has 112 valence electrons. The Balaban J connectivity index is 1.97. The van der Waals surface area contributed by atoms with Gasteiger partial charge in [0.05, 0.1) is 4.47 Å². The third-order valence-electron chi connectivity index (χ3n) is 3.40. The molecule has 0 aromatic heterocycles. The second-order valence-electron chi connectivity index (χ2n) is 4.97. The fourth-order valence-corrected chi connectivity index (χ4v) is 2.81. The molecule has 3 unspecified atom stereocenters. The molecule has 5 heteroatoms. The Labute approximate surface area is 128 Å². The maximum atomic E-state index is 13.1. The second kappa shape index (κ2) is 7.38. The Bertz CT molecular complexity index is 444. The van der Waals surface area contributed by atoms with E-state index in [2.05, 4.69) is 35.1 Å². The van der Waals surface area contributed by atoms with Crippen LogP contribution >= 0.6 is 15.9 Å². The van der Waals surface area contributed by atoms with Gasteiger partial charge in [0.15, 0.2) is 0 Å². The molecule has 1 saturated carbocycles. The monoisotopic (exact) mass is 345 g/mol. The maximum absolute atomic E-state index is 13.1. The molecule has 1 aliphatic carbocycles. The van der Waals surface area contributed by atoms with Crippen molar-refractivity contribution in [2.75, 3.05) is 13.2 Å². The largest absolute Gasteiger partial charge is 0.486 e. The first-order valence-corrected chi connectivity index (χ1v) is 7.91. The normalized spacial score (nSPS) is 25.3. The summed E-state index contributed by atoms with van der Waals surface area (Å²) in [5, 5.41) is 3.40. The van der Waals surface area contributed by atoms with Gasteiger partial charge in [0, 0.05) is 19.1 Å². The number of hydrogen-bond acceptors (Lipinski definition) is 3. The van der Waals surface area contributed by atoms with E-state index in [0.29, 0.717) is 16.3 Å². The average Bonchev–Trinajstić information content (AvgIpc) is 2.40. The van der Waals surface area contributed by atoms with Crippen LogP contribution in [0.1, 0.15) is 26.7 Å². The molecule has 1 aliphatic rings. The number of benzene rings is 1. The highest BCUT2D eigenvalue weighted by Crippen LogP contribution is 2.33. The molecule has 0 aliphatic heterocycles. The lowest BCUT2D eigenvalue weighted by Gasteiger charge is -2.44. The zero-order valence-electron chi connectivity index (χ0n) is 11.9. The predicted molar refractivity (Wildman–Crippen MR) is 80.6 cm³/mol. The van der Waals surface area contributed by atoms with Crippen LogP contribution in [0.15, 0.2) is 22.7 Å². The van der Waals surface area contributed by atoms with Crippen molar-refractivity contribution in [2.45, 2.75) is 44.9 Å². The molecule has 0 heterocycles. The van der Waals surface area contributed by atoms with Gasteiger partial charge in [-0.15, -0.1) is 0 Å². The van der Waals surface area contributed by atoms with Crippen molar-refractivity contribution < 1.29 is 13.9 Å². The molecule has 20 heavy (non-hydrogen) atoms. The highest BCUT2D eigenvalue weighted by molar-refractivity contribution is 9.10. The number of hydrogen-bond donors (Lipinski definition) is 1. The van der Waals surface area contributed by atoms with Crippen LogP contribution in [0.25, 0.3) is 0 Å². The molecule has 1 N–H and O–H groups in total. The van der Waals surface area contributed by atoms with Crippen molar-refractivity contribution >= 4 is 15.9 Å². The van der Waals surface area contributed by atoms with E-state index >= 15 is 0 Å². The first-order chi connectivity index (χ1) is 9.65. The molecular weight excluding hydrogens is 325 g/mol. The number of halogens is 2. The van der Waals surface area contributed by atoms with Crippen LogP contribution in [-0.4, -0.2) is 31.4 Å². The fourth-order valence-electron chi connectivity index (χ4n) is 2.37. The fraction of sp³-hybridized carbons (Fsp3) is 0.600. The van der Waals surface area contributed by atoms with Crippen molar-refractivity contribution in [1.82, 2.24) is 5.32 Å². The second-order valence-corrected chi connectivity index (χ2v) is 5.82. The Morgan fingerprint density at radius 2 is 2.20 bits per heavy atom. The molecule has 0 bridgehead atoms. The summed E-state index contributed by atoms with van der Waals surface area (Å²) in [5.74, 6) is 0.388. The van der Waals surface area contributed by atoms with Gasteiger partial charge in [0.2, 0.25) is 0 Å². The first kappa shape index (κ1) is 15.7. The van der Waals surface area contributed by atoms with Gasteiger partial charge in [-0.2, -0.15) is 0 Å². The van der Waals surface area contributed by atoms with Crippen LogP contribution < -0.4 is 10.1 Å². The molecule has 1 aromatic rings. The molecular formula is C15H21BrFNO2. The quantitative estimate of drug-likeness (QED) is 0.820. The molecule has 0 radical (unpaired) electrons. The van der Waals surface area contributed by atoms with E-state index < -0.39 is 0 Å². The zero-order chi connectivity index (χ0) is 14.5. The molecule has 3 atom stereocenters. The summed E-state index contributed by atoms with van der Waals surface area (Å²) >= 11 is 3.33. The third-order valence-corrected chi connectivity index (χ3v) is 4.02. The van der Waals surface area contributed by atoms with E-state index in [1.54, 1.807) is 6.07 Å². The van der Waals surface area contributed by atoms with Crippen molar-refractivity contribution in [3.05, 3.63) is 28.5 Å². The standard InChI is InChI=1S/C15H21BrFNO2/c1-3-7-19-15-12(18-4-2)9-14(15)20-13-6-5-10(17)8-11(13)16/h5-6,8,12,14-15,18H,3-4,7,9H2,1-2H3. The lowest BCUT2D eigenvalue weighted by molar-refractivity contribution is -0.107. The minimum Gasteiger partial charge on any atom is -0.486 e. The van der Waals surface area contributed by atoms with Crippen molar-refractivity contribution in [2.24, 2.45) is 0 Å². The highest BCUT2D eigenvalue weighted by Gasteiger charge is 2.43. The van der Waals surface area contributed by atoms with Crippen molar-refractivity contribution in [1.29, 1.82) is 0 Å². The van der Waals surface area contributed by atoms with Gasteiger partial charge in [-0.05, 0) is 47.1 Å². The van der Waals surface area contributed by atoms with Crippen LogP contribution in [0.2, 0.25) is 0 Å². The average molecular weight is 346 g/mol. The summed E-state index contributed by atoms with van der Waals surface area (Å²) in [6.07, 6.45) is 1.98. The van der Waals surface area contributed by atoms with Gasteiger partial charge in [-0.25, -0.2) is 4.39 Å². The summed E-state index contributed by atoms with van der Waals surface area (Å²) in [6, 6.07) is 4.81. The summed E-state index contributed by atoms with van der Waals surface area (Å²) in [5.41, 5.74) is 0. The summed E-state index contributed by atoms with van der Waals surface area (Å²) in [4.78, 5) is 0. The van der Waals surface area contributed by atoms with Gasteiger partial charge in [0.25, 0.3) is 0 Å². The lowest BCUT2D eigenvalue weighted by Crippen LogP contribution is -2.61. The Morgan fingerprint density at radius 1 is 1.40 bits per heavy atom. The van der Waals surface area contributed by atoms with Crippen LogP contribution in [0.5, 0.6) is 5.75 Å². The summed E-state index contributed by atoms with van der Waals surface area (Å²) < 4.78 is 25.5. The predicted octanol–water partition coefficient (Wildman–Crippen LogP) is 3.51.